The zero-order valence-corrected chi connectivity index (χ0v) is 10.2. The fourth-order valence-corrected chi connectivity index (χ4v) is 2.24. The molecule has 0 saturated carbocycles. The van der Waals surface area contributed by atoms with E-state index in [0.717, 1.165) is 22.3 Å². The Morgan fingerprint density at radius 2 is 1.78 bits per heavy atom. The monoisotopic (exact) mass is 237 g/mol. The molecule has 1 aromatic heterocycles. The van der Waals surface area contributed by atoms with Crippen LogP contribution in [0.2, 0.25) is 0 Å². The van der Waals surface area contributed by atoms with Crippen LogP contribution in [0.3, 0.4) is 0 Å². The average molecular weight is 237 g/mol. The Labute approximate surface area is 106 Å². The van der Waals surface area contributed by atoms with E-state index in [0.29, 0.717) is 0 Å². The highest BCUT2D eigenvalue weighted by atomic mass is 15.1. The van der Waals surface area contributed by atoms with E-state index in [-0.39, 0.29) is 6.04 Å². The molecule has 0 radical (unpaired) electrons. The lowest BCUT2D eigenvalue weighted by Gasteiger charge is -2.13. The SMILES string of the molecule is C[C@@H](N)c1ccccc1-n1cnc2ccccc21. The van der Waals surface area contributed by atoms with Crippen LogP contribution in [-0.4, -0.2) is 9.55 Å². The van der Waals surface area contributed by atoms with Crippen LogP contribution in [0.1, 0.15) is 18.5 Å². The predicted octanol–water partition coefficient (Wildman–Crippen LogP) is 3.05. The maximum Gasteiger partial charge on any atom is 0.100 e. The van der Waals surface area contributed by atoms with Crippen molar-refractivity contribution in [3.63, 3.8) is 0 Å². The number of aromatic nitrogens is 2. The lowest BCUT2D eigenvalue weighted by Crippen LogP contribution is -2.09. The number of fused-ring (bicyclic) bond motifs is 1. The highest BCUT2D eigenvalue weighted by Gasteiger charge is 2.10. The van der Waals surface area contributed by atoms with Crippen molar-refractivity contribution in [2.75, 3.05) is 0 Å². The molecule has 3 nitrogen and oxygen atoms in total. The van der Waals surface area contributed by atoms with E-state index in [9.17, 15) is 0 Å². The second-order valence-electron chi connectivity index (χ2n) is 4.45. The number of nitrogens with zero attached hydrogens (tertiary/aromatic N) is 2. The third kappa shape index (κ3) is 1.69. The highest BCUT2D eigenvalue weighted by Crippen LogP contribution is 2.23. The Hall–Kier alpha value is -2.13. The van der Waals surface area contributed by atoms with Gasteiger partial charge in [-0.1, -0.05) is 30.3 Å². The van der Waals surface area contributed by atoms with E-state index in [1.165, 1.54) is 0 Å². The fraction of sp³-hybridized carbons (Fsp3) is 0.133. The first-order chi connectivity index (χ1) is 8.77. The fourth-order valence-electron chi connectivity index (χ4n) is 2.24. The maximum atomic E-state index is 6.03. The van der Waals surface area contributed by atoms with Gasteiger partial charge >= 0.3 is 0 Å². The van der Waals surface area contributed by atoms with Crippen molar-refractivity contribution in [1.29, 1.82) is 0 Å². The standard InChI is InChI=1S/C15H15N3/c1-11(16)12-6-2-4-8-14(12)18-10-17-13-7-3-5-9-15(13)18/h2-11H,16H2,1H3/t11-/m1/s1. The number of para-hydroxylation sites is 3. The molecule has 0 aliphatic rings. The smallest absolute Gasteiger partial charge is 0.100 e. The number of rotatable bonds is 2. The molecule has 0 bridgehead atoms. The van der Waals surface area contributed by atoms with Crippen LogP contribution < -0.4 is 5.73 Å². The van der Waals surface area contributed by atoms with Gasteiger partial charge in [-0.25, -0.2) is 4.98 Å². The molecule has 0 unspecified atom stereocenters. The summed E-state index contributed by atoms with van der Waals surface area (Å²) in [4.78, 5) is 4.42. The predicted molar refractivity (Wildman–Crippen MR) is 73.7 cm³/mol. The van der Waals surface area contributed by atoms with E-state index in [4.69, 9.17) is 5.73 Å². The van der Waals surface area contributed by atoms with Gasteiger partial charge < -0.3 is 5.73 Å². The number of benzene rings is 2. The second-order valence-corrected chi connectivity index (χ2v) is 4.45. The molecule has 3 aromatic rings. The molecule has 1 atom stereocenters. The van der Waals surface area contributed by atoms with Crippen molar-refractivity contribution < 1.29 is 0 Å². The minimum absolute atomic E-state index is 0.00219. The van der Waals surface area contributed by atoms with Crippen LogP contribution in [0.25, 0.3) is 16.7 Å². The zero-order valence-electron chi connectivity index (χ0n) is 10.2. The Kier molecular flexibility index (Phi) is 2.61. The molecular weight excluding hydrogens is 222 g/mol. The van der Waals surface area contributed by atoms with Crippen molar-refractivity contribution in [3.8, 4) is 5.69 Å². The van der Waals surface area contributed by atoms with Gasteiger partial charge in [-0.15, -0.1) is 0 Å². The summed E-state index contributed by atoms with van der Waals surface area (Å²) in [6.45, 7) is 2.00. The van der Waals surface area contributed by atoms with Crippen LogP contribution in [0, 0.1) is 0 Å². The van der Waals surface area contributed by atoms with Gasteiger partial charge in [0.2, 0.25) is 0 Å². The van der Waals surface area contributed by atoms with Crippen molar-refractivity contribution in [2.45, 2.75) is 13.0 Å². The number of hydrogen-bond acceptors (Lipinski definition) is 2. The lowest BCUT2D eigenvalue weighted by molar-refractivity contribution is 0.806. The minimum atomic E-state index is 0.00219. The van der Waals surface area contributed by atoms with Gasteiger partial charge in [0.25, 0.3) is 0 Å². The first kappa shape index (κ1) is 11.0. The van der Waals surface area contributed by atoms with Gasteiger partial charge in [0.05, 0.1) is 16.7 Å². The quantitative estimate of drug-likeness (QED) is 0.744. The summed E-state index contributed by atoms with van der Waals surface area (Å²) >= 11 is 0. The summed E-state index contributed by atoms with van der Waals surface area (Å²) in [7, 11) is 0. The van der Waals surface area contributed by atoms with Crippen LogP contribution in [0.4, 0.5) is 0 Å². The van der Waals surface area contributed by atoms with Gasteiger partial charge in [0.15, 0.2) is 0 Å². The van der Waals surface area contributed by atoms with E-state index < -0.39 is 0 Å². The Balaban J connectivity index is 2.27. The molecule has 0 spiro atoms. The zero-order chi connectivity index (χ0) is 12.5. The summed E-state index contributed by atoms with van der Waals surface area (Å²) in [6.07, 6.45) is 1.85. The molecule has 0 saturated heterocycles. The normalized spacial score (nSPS) is 12.8. The van der Waals surface area contributed by atoms with Crippen LogP contribution in [0.15, 0.2) is 54.9 Å². The largest absolute Gasteiger partial charge is 0.324 e. The van der Waals surface area contributed by atoms with Crippen molar-refractivity contribution in [1.82, 2.24) is 9.55 Å². The van der Waals surface area contributed by atoms with E-state index in [1.54, 1.807) is 0 Å². The second kappa shape index (κ2) is 4.27. The van der Waals surface area contributed by atoms with Crippen molar-refractivity contribution in [2.24, 2.45) is 5.73 Å². The number of hydrogen-bond donors (Lipinski definition) is 1. The number of imidazole rings is 1. The molecule has 0 amide bonds. The van der Waals surface area contributed by atoms with Crippen molar-refractivity contribution >= 4 is 11.0 Å². The summed E-state index contributed by atoms with van der Waals surface area (Å²) in [6, 6.07) is 16.3. The van der Waals surface area contributed by atoms with E-state index in [2.05, 4.69) is 27.8 Å². The molecule has 1 heterocycles. The summed E-state index contributed by atoms with van der Waals surface area (Å²) in [5.74, 6) is 0. The molecule has 18 heavy (non-hydrogen) atoms. The van der Waals surface area contributed by atoms with E-state index in [1.807, 2.05) is 43.6 Å². The average Bonchev–Trinajstić information content (AvgIpc) is 2.82. The molecule has 3 rings (SSSR count). The van der Waals surface area contributed by atoms with Gasteiger partial charge in [-0.3, -0.25) is 4.57 Å². The van der Waals surface area contributed by atoms with Crippen LogP contribution in [0.5, 0.6) is 0 Å². The molecule has 0 fully saturated rings. The van der Waals surface area contributed by atoms with Crippen LogP contribution >= 0.6 is 0 Å². The molecular formula is C15H15N3. The summed E-state index contributed by atoms with van der Waals surface area (Å²) in [5, 5.41) is 0. The molecule has 2 N–H and O–H groups in total. The maximum absolute atomic E-state index is 6.03. The molecule has 3 heteroatoms. The Morgan fingerprint density at radius 1 is 1.06 bits per heavy atom. The third-order valence-corrected chi connectivity index (χ3v) is 3.14. The van der Waals surface area contributed by atoms with Crippen molar-refractivity contribution in [3.05, 3.63) is 60.4 Å². The molecule has 0 aliphatic carbocycles. The minimum Gasteiger partial charge on any atom is -0.324 e. The molecule has 0 aliphatic heterocycles. The number of nitrogens with two attached hydrogens (primary N) is 1. The molecule has 2 aromatic carbocycles. The first-order valence-corrected chi connectivity index (χ1v) is 6.04. The van der Waals surface area contributed by atoms with Gasteiger partial charge in [0, 0.05) is 6.04 Å². The van der Waals surface area contributed by atoms with Crippen LogP contribution in [-0.2, 0) is 0 Å². The summed E-state index contributed by atoms with van der Waals surface area (Å²) in [5.41, 5.74) is 10.4. The highest BCUT2D eigenvalue weighted by molar-refractivity contribution is 5.77. The topological polar surface area (TPSA) is 43.8 Å². The third-order valence-electron chi connectivity index (χ3n) is 3.14. The van der Waals surface area contributed by atoms with Gasteiger partial charge in [0.1, 0.15) is 6.33 Å². The first-order valence-electron chi connectivity index (χ1n) is 6.04. The summed E-state index contributed by atoms with van der Waals surface area (Å²) < 4.78 is 2.09. The van der Waals surface area contributed by atoms with E-state index >= 15 is 0 Å². The van der Waals surface area contributed by atoms with Gasteiger partial charge in [-0.2, -0.15) is 0 Å². The Bertz CT molecular complexity index is 683. The van der Waals surface area contributed by atoms with Gasteiger partial charge in [-0.05, 0) is 30.7 Å². The Morgan fingerprint density at radius 3 is 2.61 bits per heavy atom. The molecule has 90 valence electrons. The lowest BCUT2D eigenvalue weighted by atomic mass is 10.1.